The molecule has 0 heterocycles. The second kappa shape index (κ2) is 8.05. The molecule has 1 rings (SSSR count). The molecule has 84 valence electrons. The summed E-state index contributed by atoms with van der Waals surface area (Å²) in [6, 6.07) is 6.67. The van der Waals surface area contributed by atoms with E-state index in [-0.39, 0.29) is 5.82 Å². The standard InChI is InChI=1S/C12H17FIN/c13-12-6-4-11(5-7-12)10-15-9-3-1-2-8-14/h4-7,15H,1-3,8-10H2. The normalized spacial score (nSPS) is 10.5. The summed E-state index contributed by atoms with van der Waals surface area (Å²) in [6.07, 6.45) is 3.82. The lowest BCUT2D eigenvalue weighted by Crippen LogP contribution is -2.14. The minimum absolute atomic E-state index is 0.166. The zero-order valence-corrected chi connectivity index (χ0v) is 11.0. The van der Waals surface area contributed by atoms with Gasteiger partial charge >= 0.3 is 0 Å². The van der Waals surface area contributed by atoms with Crippen LogP contribution in [0.3, 0.4) is 0 Å². The summed E-state index contributed by atoms with van der Waals surface area (Å²) >= 11 is 2.40. The lowest BCUT2D eigenvalue weighted by molar-refractivity contribution is 0.613. The number of nitrogens with one attached hydrogen (secondary N) is 1. The van der Waals surface area contributed by atoms with Crippen LogP contribution in [-0.2, 0) is 6.54 Å². The molecule has 0 bridgehead atoms. The van der Waals surface area contributed by atoms with Crippen LogP contribution in [0.15, 0.2) is 24.3 Å². The molecule has 0 aromatic heterocycles. The third kappa shape index (κ3) is 6.10. The summed E-state index contributed by atoms with van der Waals surface area (Å²) in [7, 11) is 0. The van der Waals surface area contributed by atoms with Crippen LogP contribution in [0, 0.1) is 5.82 Å². The Balaban J connectivity index is 2.07. The number of alkyl halides is 1. The molecular weight excluding hydrogens is 304 g/mol. The van der Waals surface area contributed by atoms with E-state index in [0.717, 1.165) is 18.7 Å². The first-order valence-electron chi connectivity index (χ1n) is 5.34. The lowest BCUT2D eigenvalue weighted by Gasteiger charge is -2.04. The van der Waals surface area contributed by atoms with E-state index in [2.05, 4.69) is 27.9 Å². The third-order valence-corrected chi connectivity index (χ3v) is 2.99. The third-order valence-electron chi connectivity index (χ3n) is 2.23. The Morgan fingerprint density at radius 2 is 1.80 bits per heavy atom. The summed E-state index contributed by atoms with van der Waals surface area (Å²) in [6.45, 7) is 1.89. The summed E-state index contributed by atoms with van der Waals surface area (Å²) < 4.78 is 13.8. The molecule has 0 aliphatic rings. The van der Waals surface area contributed by atoms with Crippen LogP contribution in [0.25, 0.3) is 0 Å². The molecule has 0 unspecified atom stereocenters. The van der Waals surface area contributed by atoms with E-state index in [1.54, 1.807) is 0 Å². The van der Waals surface area contributed by atoms with E-state index in [1.807, 2.05) is 12.1 Å². The van der Waals surface area contributed by atoms with Gasteiger partial charge in [-0.25, -0.2) is 4.39 Å². The van der Waals surface area contributed by atoms with Crippen LogP contribution in [0.4, 0.5) is 4.39 Å². The Morgan fingerprint density at radius 3 is 2.47 bits per heavy atom. The van der Waals surface area contributed by atoms with Gasteiger partial charge in [0.15, 0.2) is 0 Å². The van der Waals surface area contributed by atoms with Crippen molar-refractivity contribution in [2.75, 3.05) is 11.0 Å². The molecule has 0 radical (unpaired) electrons. The van der Waals surface area contributed by atoms with Crippen LogP contribution >= 0.6 is 22.6 Å². The van der Waals surface area contributed by atoms with Crippen LogP contribution in [0.1, 0.15) is 24.8 Å². The average Bonchev–Trinajstić information content (AvgIpc) is 2.26. The molecule has 0 aliphatic carbocycles. The number of halogens is 2. The van der Waals surface area contributed by atoms with Crippen LogP contribution < -0.4 is 5.32 Å². The van der Waals surface area contributed by atoms with Crippen molar-refractivity contribution in [2.45, 2.75) is 25.8 Å². The van der Waals surface area contributed by atoms with Crippen molar-refractivity contribution in [1.82, 2.24) is 5.32 Å². The molecule has 0 atom stereocenters. The van der Waals surface area contributed by atoms with E-state index in [0.29, 0.717) is 0 Å². The van der Waals surface area contributed by atoms with E-state index in [4.69, 9.17) is 0 Å². The molecular formula is C12H17FIN. The molecule has 1 aromatic rings. The minimum Gasteiger partial charge on any atom is -0.313 e. The van der Waals surface area contributed by atoms with Gasteiger partial charge in [-0.3, -0.25) is 0 Å². The summed E-state index contributed by atoms with van der Waals surface area (Å²) in [5.41, 5.74) is 1.14. The Hall–Kier alpha value is -0.160. The van der Waals surface area contributed by atoms with Gasteiger partial charge in [-0.2, -0.15) is 0 Å². The number of benzene rings is 1. The van der Waals surface area contributed by atoms with Crippen molar-refractivity contribution in [3.63, 3.8) is 0 Å². The number of unbranched alkanes of at least 4 members (excludes halogenated alkanes) is 2. The summed E-state index contributed by atoms with van der Waals surface area (Å²) in [4.78, 5) is 0. The van der Waals surface area contributed by atoms with Crippen molar-refractivity contribution in [3.8, 4) is 0 Å². The second-order valence-electron chi connectivity index (χ2n) is 3.55. The largest absolute Gasteiger partial charge is 0.313 e. The molecule has 0 amide bonds. The highest BCUT2D eigenvalue weighted by Crippen LogP contribution is 2.02. The molecule has 1 aromatic carbocycles. The molecule has 0 spiro atoms. The predicted molar refractivity (Wildman–Crippen MR) is 70.8 cm³/mol. The van der Waals surface area contributed by atoms with Gasteiger partial charge in [0.1, 0.15) is 5.82 Å². The Labute approximate surface area is 105 Å². The number of rotatable bonds is 7. The first-order valence-corrected chi connectivity index (χ1v) is 6.86. The monoisotopic (exact) mass is 321 g/mol. The molecule has 15 heavy (non-hydrogen) atoms. The van der Waals surface area contributed by atoms with Crippen molar-refractivity contribution in [2.24, 2.45) is 0 Å². The van der Waals surface area contributed by atoms with Gasteiger partial charge in [0.05, 0.1) is 0 Å². The molecule has 1 N–H and O–H groups in total. The quantitative estimate of drug-likeness (QED) is 0.460. The van der Waals surface area contributed by atoms with Gasteiger partial charge in [-0.05, 0) is 41.5 Å². The van der Waals surface area contributed by atoms with Crippen molar-refractivity contribution < 1.29 is 4.39 Å². The van der Waals surface area contributed by atoms with Crippen molar-refractivity contribution >= 4 is 22.6 Å². The van der Waals surface area contributed by atoms with Crippen LogP contribution in [-0.4, -0.2) is 11.0 Å². The van der Waals surface area contributed by atoms with Gasteiger partial charge in [0, 0.05) is 6.54 Å². The first-order chi connectivity index (χ1) is 7.33. The van der Waals surface area contributed by atoms with Gasteiger partial charge in [0.2, 0.25) is 0 Å². The second-order valence-corrected chi connectivity index (χ2v) is 4.63. The molecule has 0 aliphatic heterocycles. The van der Waals surface area contributed by atoms with E-state index >= 15 is 0 Å². The Morgan fingerprint density at radius 1 is 1.07 bits per heavy atom. The van der Waals surface area contributed by atoms with Gasteiger partial charge in [-0.1, -0.05) is 41.1 Å². The smallest absolute Gasteiger partial charge is 0.123 e. The molecule has 1 nitrogen and oxygen atoms in total. The number of hydrogen-bond acceptors (Lipinski definition) is 1. The zero-order valence-electron chi connectivity index (χ0n) is 8.81. The maximum atomic E-state index is 12.6. The summed E-state index contributed by atoms with van der Waals surface area (Å²) in [5, 5.41) is 3.36. The highest BCUT2D eigenvalue weighted by molar-refractivity contribution is 14.1. The van der Waals surface area contributed by atoms with E-state index in [1.165, 1.54) is 35.8 Å². The first kappa shape index (κ1) is 12.9. The topological polar surface area (TPSA) is 12.0 Å². The lowest BCUT2D eigenvalue weighted by atomic mass is 10.2. The van der Waals surface area contributed by atoms with E-state index < -0.39 is 0 Å². The molecule has 0 saturated heterocycles. The maximum absolute atomic E-state index is 12.6. The maximum Gasteiger partial charge on any atom is 0.123 e. The molecule has 0 saturated carbocycles. The molecule has 0 fully saturated rings. The minimum atomic E-state index is -0.166. The van der Waals surface area contributed by atoms with E-state index in [9.17, 15) is 4.39 Å². The number of hydrogen-bond donors (Lipinski definition) is 1. The highest BCUT2D eigenvalue weighted by atomic mass is 127. The highest BCUT2D eigenvalue weighted by Gasteiger charge is 1.93. The van der Waals surface area contributed by atoms with Crippen molar-refractivity contribution in [3.05, 3.63) is 35.6 Å². The van der Waals surface area contributed by atoms with Gasteiger partial charge < -0.3 is 5.32 Å². The van der Waals surface area contributed by atoms with Crippen LogP contribution in [0.5, 0.6) is 0 Å². The summed E-state index contributed by atoms with van der Waals surface area (Å²) in [5.74, 6) is -0.166. The fourth-order valence-corrected chi connectivity index (χ4v) is 1.90. The fraction of sp³-hybridized carbons (Fsp3) is 0.500. The van der Waals surface area contributed by atoms with Gasteiger partial charge in [-0.15, -0.1) is 0 Å². The predicted octanol–water partition coefficient (Wildman–Crippen LogP) is 3.52. The average molecular weight is 321 g/mol. The zero-order chi connectivity index (χ0) is 10.9. The van der Waals surface area contributed by atoms with Crippen LogP contribution in [0.2, 0.25) is 0 Å². The van der Waals surface area contributed by atoms with Crippen molar-refractivity contribution in [1.29, 1.82) is 0 Å². The fourth-order valence-electron chi connectivity index (χ4n) is 1.36. The Bertz CT molecular complexity index is 261. The van der Waals surface area contributed by atoms with Gasteiger partial charge in [0.25, 0.3) is 0 Å². The Kier molecular flexibility index (Phi) is 6.92. The SMILES string of the molecule is Fc1ccc(CNCCCCCI)cc1. The molecule has 3 heteroatoms.